The Balaban J connectivity index is 2.48. The molecule has 0 bridgehead atoms. The van der Waals surface area contributed by atoms with Crippen molar-refractivity contribution in [1.29, 1.82) is 0 Å². The summed E-state index contributed by atoms with van der Waals surface area (Å²) in [6.07, 6.45) is 0. The fourth-order valence-electron chi connectivity index (χ4n) is 2.13. The molecule has 9 heteroatoms. The van der Waals surface area contributed by atoms with Crippen molar-refractivity contribution < 1.29 is 29.5 Å². The lowest BCUT2D eigenvalue weighted by molar-refractivity contribution is -0.384. The maximum Gasteiger partial charge on any atom is 0.293 e. The number of carbonyl (C=O) groups is 3. The molecule has 0 saturated heterocycles. The molecule has 0 radical (unpaired) electrons. The van der Waals surface area contributed by atoms with Gasteiger partial charge in [0, 0.05) is 17.2 Å². The number of nitrogens with zero attached hydrogens (tertiary/aromatic N) is 1. The lowest BCUT2D eigenvalue weighted by atomic mass is 10.0. The van der Waals surface area contributed by atoms with Gasteiger partial charge in [-0.1, -0.05) is 18.2 Å². The number of hydrogen-bond donors (Lipinski definition) is 1. The highest BCUT2D eigenvalue weighted by atomic mass is 16.6. The fourth-order valence-corrected chi connectivity index (χ4v) is 2.13. The van der Waals surface area contributed by atoms with E-state index in [2.05, 4.69) is 5.32 Å². The maximum absolute atomic E-state index is 12.3. The largest absolute Gasteiger partial charge is 0.545 e. The normalized spacial score (nSPS) is 10.1. The third kappa shape index (κ3) is 3.78. The van der Waals surface area contributed by atoms with E-state index in [-0.39, 0.29) is 11.4 Å². The number of carboxylic acid groups (broad SMARTS) is 2. The van der Waals surface area contributed by atoms with Crippen molar-refractivity contribution in [2.24, 2.45) is 0 Å². The van der Waals surface area contributed by atoms with Crippen LogP contribution in [0.4, 0.5) is 11.4 Å². The monoisotopic (exact) mass is 342 g/mol. The van der Waals surface area contributed by atoms with Crippen LogP contribution in [0.1, 0.15) is 36.6 Å². The van der Waals surface area contributed by atoms with Crippen LogP contribution in [0.5, 0.6) is 0 Å². The van der Waals surface area contributed by atoms with Crippen molar-refractivity contribution >= 4 is 29.2 Å². The average molecular weight is 342 g/mol. The number of carboxylic acids is 2. The van der Waals surface area contributed by atoms with Gasteiger partial charge in [-0.2, -0.15) is 0 Å². The van der Waals surface area contributed by atoms with Crippen LogP contribution in [-0.4, -0.2) is 22.8 Å². The highest BCUT2D eigenvalue weighted by Crippen LogP contribution is 2.26. The zero-order valence-corrected chi connectivity index (χ0v) is 12.8. The molecule has 0 saturated carbocycles. The molecule has 0 unspecified atom stereocenters. The number of benzene rings is 2. The Bertz CT molecular complexity index is 905. The van der Waals surface area contributed by atoms with Crippen LogP contribution < -0.4 is 15.5 Å². The molecule has 9 nitrogen and oxygen atoms in total. The Morgan fingerprint density at radius 1 is 0.960 bits per heavy atom. The smallest absolute Gasteiger partial charge is 0.293 e. The number of anilines is 1. The number of nitrogens with one attached hydrogen (secondary N) is 1. The van der Waals surface area contributed by atoms with Crippen molar-refractivity contribution in [3.63, 3.8) is 0 Å². The van der Waals surface area contributed by atoms with E-state index < -0.39 is 39.5 Å². The van der Waals surface area contributed by atoms with Gasteiger partial charge in [0.2, 0.25) is 0 Å². The summed E-state index contributed by atoms with van der Waals surface area (Å²) in [6, 6.07) is 6.67. The van der Waals surface area contributed by atoms with E-state index in [9.17, 15) is 34.7 Å². The molecular weight excluding hydrogens is 332 g/mol. The number of aromatic carboxylic acids is 2. The van der Waals surface area contributed by atoms with E-state index in [1.807, 2.05) is 0 Å². The van der Waals surface area contributed by atoms with Crippen molar-refractivity contribution in [3.05, 3.63) is 68.8 Å². The summed E-state index contributed by atoms with van der Waals surface area (Å²) in [5.41, 5.74) is -1.47. The van der Waals surface area contributed by atoms with Crippen molar-refractivity contribution in [1.82, 2.24) is 0 Å². The molecule has 0 aliphatic rings. The summed E-state index contributed by atoms with van der Waals surface area (Å²) in [6.45, 7) is 1.62. The summed E-state index contributed by atoms with van der Waals surface area (Å²) in [5, 5.41) is 35.3. The number of carbonyl (C=O) groups excluding carboxylic acids is 3. The Hall–Kier alpha value is -3.75. The van der Waals surface area contributed by atoms with Crippen molar-refractivity contribution in [2.45, 2.75) is 6.92 Å². The van der Waals surface area contributed by atoms with Gasteiger partial charge in [-0.25, -0.2) is 0 Å². The Labute approximate surface area is 140 Å². The molecule has 0 aliphatic heterocycles. The Morgan fingerprint density at radius 3 is 2.20 bits per heavy atom. The van der Waals surface area contributed by atoms with Crippen LogP contribution in [-0.2, 0) is 0 Å². The highest BCUT2D eigenvalue weighted by Gasteiger charge is 2.19. The molecule has 0 aromatic heterocycles. The van der Waals surface area contributed by atoms with Gasteiger partial charge in [0.25, 0.3) is 11.6 Å². The van der Waals surface area contributed by atoms with Crippen LogP contribution in [0.15, 0.2) is 36.4 Å². The molecule has 128 valence electrons. The molecule has 0 heterocycles. The first-order chi connectivity index (χ1) is 11.7. The van der Waals surface area contributed by atoms with E-state index >= 15 is 0 Å². The summed E-state index contributed by atoms with van der Waals surface area (Å²) in [5.74, 6) is -4.34. The van der Waals surface area contributed by atoms with Gasteiger partial charge < -0.3 is 25.1 Å². The number of nitro benzene ring substituents is 1. The molecule has 2 aromatic rings. The second kappa shape index (κ2) is 6.79. The van der Waals surface area contributed by atoms with Gasteiger partial charge in [-0.15, -0.1) is 0 Å². The molecule has 25 heavy (non-hydrogen) atoms. The second-order valence-corrected chi connectivity index (χ2v) is 5.07. The third-order valence-electron chi connectivity index (χ3n) is 3.32. The molecular formula is C16H10N2O7-2. The zero-order valence-electron chi connectivity index (χ0n) is 12.8. The van der Waals surface area contributed by atoms with Crippen LogP contribution in [0.25, 0.3) is 0 Å². The topological polar surface area (TPSA) is 153 Å². The summed E-state index contributed by atoms with van der Waals surface area (Å²) >= 11 is 0. The van der Waals surface area contributed by atoms with Gasteiger partial charge in [0.05, 0.1) is 16.9 Å². The number of amides is 1. The number of aryl methyl sites for hydroxylation is 1. The predicted molar refractivity (Wildman–Crippen MR) is 80.9 cm³/mol. The van der Waals surface area contributed by atoms with Gasteiger partial charge >= 0.3 is 0 Å². The quantitative estimate of drug-likeness (QED) is 0.587. The minimum atomic E-state index is -1.70. The first kappa shape index (κ1) is 17.6. The zero-order chi connectivity index (χ0) is 18.7. The SMILES string of the molecule is Cc1ccc(NC(=O)c2cc(C(=O)[O-])ccc2C(=O)[O-])c([N+](=O)[O-])c1. The van der Waals surface area contributed by atoms with Crippen LogP contribution in [0, 0.1) is 17.0 Å². The fraction of sp³-hybridized carbons (Fsp3) is 0.0625. The van der Waals surface area contributed by atoms with Gasteiger partial charge in [0.15, 0.2) is 0 Å². The standard InChI is InChI=1S/C16H12N2O7/c1-8-2-5-12(13(6-8)18(24)25)17-14(19)11-7-9(15(20)21)3-4-10(11)16(22)23/h2-7H,1H3,(H,17,19)(H,20,21)(H,22,23)/p-2. The van der Waals surface area contributed by atoms with E-state index in [1.54, 1.807) is 6.92 Å². The van der Waals surface area contributed by atoms with E-state index in [0.29, 0.717) is 5.56 Å². The molecule has 0 fully saturated rings. The van der Waals surface area contributed by atoms with Crippen LogP contribution in [0.2, 0.25) is 0 Å². The predicted octanol–water partition coefficient (Wildman–Crippen LogP) is -0.117. The molecule has 2 rings (SSSR count). The van der Waals surface area contributed by atoms with Crippen molar-refractivity contribution in [3.8, 4) is 0 Å². The Morgan fingerprint density at radius 2 is 1.64 bits per heavy atom. The molecule has 0 spiro atoms. The second-order valence-electron chi connectivity index (χ2n) is 5.07. The van der Waals surface area contributed by atoms with Gasteiger partial charge in [0.1, 0.15) is 5.69 Å². The Kier molecular flexibility index (Phi) is 4.78. The summed E-state index contributed by atoms with van der Waals surface area (Å²) < 4.78 is 0. The number of hydrogen-bond acceptors (Lipinski definition) is 7. The van der Waals surface area contributed by atoms with Gasteiger partial charge in [-0.05, 0) is 30.2 Å². The molecule has 0 aliphatic carbocycles. The van der Waals surface area contributed by atoms with Crippen LogP contribution in [0.3, 0.4) is 0 Å². The van der Waals surface area contributed by atoms with E-state index in [1.165, 1.54) is 18.2 Å². The molecule has 2 aromatic carbocycles. The number of nitro groups is 1. The molecule has 0 atom stereocenters. The summed E-state index contributed by atoms with van der Waals surface area (Å²) in [4.78, 5) is 44.7. The maximum atomic E-state index is 12.3. The molecule has 1 N–H and O–H groups in total. The lowest BCUT2D eigenvalue weighted by Gasteiger charge is -2.13. The average Bonchev–Trinajstić information content (AvgIpc) is 2.55. The lowest BCUT2D eigenvalue weighted by Crippen LogP contribution is -2.28. The van der Waals surface area contributed by atoms with Crippen LogP contribution >= 0.6 is 0 Å². The summed E-state index contributed by atoms with van der Waals surface area (Å²) in [7, 11) is 0. The van der Waals surface area contributed by atoms with Gasteiger partial charge in [-0.3, -0.25) is 14.9 Å². The van der Waals surface area contributed by atoms with E-state index in [4.69, 9.17) is 0 Å². The first-order valence-corrected chi connectivity index (χ1v) is 6.84. The molecule has 1 amide bonds. The van der Waals surface area contributed by atoms with Crippen molar-refractivity contribution in [2.75, 3.05) is 5.32 Å². The first-order valence-electron chi connectivity index (χ1n) is 6.84. The van der Waals surface area contributed by atoms with E-state index in [0.717, 1.165) is 18.2 Å². The minimum absolute atomic E-state index is 0.163. The third-order valence-corrected chi connectivity index (χ3v) is 3.32. The highest BCUT2D eigenvalue weighted by molar-refractivity contribution is 6.12. The number of rotatable bonds is 5. The minimum Gasteiger partial charge on any atom is -0.545 e.